The Morgan fingerprint density at radius 3 is 2.58 bits per heavy atom. The molecule has 0 radical (unpaired) electrons. The maximum Gasteiger partial charge on any atom is 0.247 e. The highest BCUT2D eigenvalue weighted by Gasteiger charge is 2.31. The van der Waals surface area contributed by atoms with E-state index in [9.17, 15) is 4.39 Å². The summed E-state index contributed by atoms with van der Waals surface area (Å²) in [5.74, 6) is 0.744. The van der Waals surface area contributed by atoms with Crippen molar-refractivity contribution >= 4 is 11.6 Å². The molecule has 1 saturated carbocycles. The van der Waals surface area contributed by atoms with E-state index in [1.54, 1.807) is 12.1 Å². The zero-order chi connectivity index (χ0) is 18.1. The first-order valence-corrected chi connectivity index (χ1v) is 9.04. The number of nitrogens with zero attached hydrogens (tertiary/aromatic N) is 3. The minimum Gasteiger partial charge on any atom is -0.419 e. The maximum atomic E-state index is 14.1. The van der Waals surface area contributed by atoms with Crippen molar-refractivity contribution in [2.45, 2.75) is 38.9 Å². The molecule has 26 heavy (non-hydrogen) atoms. The van der Waals surface area contributed by atoms with Gasteiger partial charge in [-0.15, -0.1) is 10.2 Å². The van der Waals surface area contributed by atoms with Gasteiger partial charge in [-0.1, -0.05) is 35.4 Å². The van der Waals surface area contributed by atoms with E-state index in [1.165, 1.54) is 11.6 Å². The van der Waals surface area contributed by atoms with Crippen LogP contribution in [0.5, 0.6) is 0 Å². The summed E-state index contributed by atoms with van der Waals surface area (Å²) in [4.78, 5) is 2.15. The Morgan fingerprint density at radius 2 is 1.88 bits per heavy atom. The molecule has 0 aliphatic heterocycles. The van der Waals surface area contributed by atoms with Crippen molar-refractivity contribution in [2.75, 3.05) is 0 Å². The van der Waals surface area contributed by atoms with Crippen LogP contribution in [0.2, 0.25) is 5.02 Å². The van der Waals surface area contributed by atoms with Crippen molar-refractivity contribution in [2.24, 2.45) is 0 Å². The van der Waals surface area contributed by atoms with Crippen LogP contribution in [0.25, 0.3) is 11.5 Å². The monoisotopic (exact) mass is 371 g/mol. The summed E-state index contributed by atoms with van der Waals surface area (Å²) in [5, 5.41) is 8.76. The number of rotatable bonds is 6. The summed E-state index contributed by atoms with van der Waals surface area (Å²) in [5.41, 5.74) is 2.58. The van der Waals surface area contributed by atoms with E-state index in [2.05, 4.69) is 15.1 Å². The number of aryl methyl sites for hydroxylation is 1. The first kappa shape index (κ1) is 17.2. The van der Waals surface area contributed by atoms with Gasteiger partial charge in [-0.25, -0.2) is 4.39 Å². The van der Waals surface area contributed by atoms with Crippen LogP contribution in [0.3, 0.4) is 0 Å². The largest absolute Gasteiger partial charge is 0.419 e. The second-order valence-electron chi connectivity index (χ2n) is 6.70. The van der Waals surface area contributed by atoms with Gasteiger partial charge < -0.3 is 4.42 Å². The Kier molecular flexibility index (Phi) is 4.74. The molecule has 0 bridgehead atoms. The van der Waals surface area contributed by atoms with E-state index in [4.69, 9.17) is 16.0 Å². The van der Waals surface area contributed by atoms with Gasteiger partial charge in [0.15, 0.2) is 0 Å². The average Bonchev–Trinajstić information content (AvgIpc) is 3.37. The Balaban J connectivity index is 1.52. The molecule has 0 unspecified atom stereocenters. The van der Waals surface area contributed by atoms with Gasteiger partial charge in [-0.2, -0.15) is 0 Å². The third-order valence-corrected chi connectivity index (χ3v) is 4.94. The van der Waals surface area contributed by atoms with Crippen LogP contribution in [0.1, 0.15) is 29.9 Å². The molecule has 6 heteroatoms. The van der Waals surface area contributed by atoms with Gasteiger partial charge in [-0.05, 0) is 44.0 Å². The fourth-order valence-corrected chi connectivity index (χ4v) is 3.17. The highest BCUT2D eigenvalue weighted by atomic mass is 35.5. The molecule has 4 rings (SSSR count). The summed E-state index contributed by atoms with van der Waals surface area (Å²) in [6.07, 6.45) is 2.18. The second-order valence-corrected chi connectivity index (χ2v) is 7.11. The standard InChI is InChI=1S/C20H19ClFN3O/c1-13-5-7-14(8-6-13)20-24-23-19(26-20)12-25(15-9-10-15)11-16-17(21)3-2-4-18(16)22/h2-8,15H,9-12H2,1H3. The van der Waals surface area contributed by atoms with Gasteiger partial charge in [0.05, 0.1) is 6.54 Å². The summed E-state index contributed by atoms with van der Waals surface area (Å²) < 4.78 is 20.0. The Labute approximate surface area is 156 Å². The predicted molar refractivity (Wildman–Crippen MR) is 98.2 cm³/mol. The van der Waals surface area contributed by atoms with Crippen molar-refractivity contribution in [3.05, 3.63) is 70.3 Å². The van der Waals surface area contributed by atoms with Crippen LogP contribution in [-0.4, -0.2) is 21.1 Å². The molecule has 4 nitrogen and oxygen atoms in total. The first-order valence-electron chi connectivity index (χ1n) is 8.66. The highest BCUT2D eigenvalue weighted by Crippen LogP contribution is 2.32. The number of halogens is 2. The topological polar surface area (TPSA) is 42.2 Å². The quantitative estimate of drug-likeness (QED) is 0.611. The summed E-state index contributed by atoms with van der Waals surface area (Å²) in [6, 6.07) is 13.1. The number of aromatic nitrogens is 2. The zero-order valence-corrected chi connectivity index (χ0v) is 15.2. The summed E-state index contributed by atoms with van der Waals surface area (Å²) in [7, 11) is 0. The Morgan fingerprint density at radius 1 is 1.12 bits per heavy atom. The average molecular weight is 372 g/mol. The van der Waals surface area contributed by atoms with Crippen molar-refractivity contribution < 1.29 is 8.81 Å². The zero-order valence-electron chi connectivity index (χ0n) is 14.5. The van der Waals surface area contributed by atoms with E-state index in [0.29, 0.717) is 41.5 Å². The highest BCUT2D eigenvalue weighted by molar-refractivity contribution is 6.31. The lowest BCUT2D eigenvalue weighted by Gasteiger charge is -2.21. The summed E-state index contributed by atoms with van der Waals surface area (Å²) >= 11 is 6.18. The van der Waals surface area contributed by atoms with Gasteiger partial charge in [-0.3, -0.25) is 4.90 Å². The van der Waals surface area contributed by atoms with Crippen molar-refractivity contribution in [3.8, 4) is 11.5 Å². The van der Waals surface area contributed by atoms with Crippen LogP contribution in [0.4, 0.5) is 4.39 Å². The number of hydrogen-bond acceptors (Lipinski definition) is 4. The van der Waals surface area contributed by atoms with Gasteiger partial charge in [0.2, 0.25) is 11.8 Å². The van der Waals surface area contributed by atoms with Crippen LogP contribution in [-0.2, 0) is 13.1 Å². The number of hydrogen-bond donors (Lipinski definition) is 0. The van der Waals surface area contributed by atoms with Crippen LogP contribution in [0.15, 0.2) is 46.9 Å². The normalized spacial score (nSPS) is 14.2. The van der Waals surface area contributed by atoms with Crippen LogP contribution in [0, 0.1) is 12.7 Å². The third-order valence-electron chi connectivity index (χ3n) is 4.59. The van der Waals surface area contributed by atoms with Gasteiger partial charge >= 0.3 is 0 Å². The first-order chi connectivity index (χ1) is 12.6. The van der Waals surface area contributed by atoms with Crippen LogP contribution >= 0.6 is 11.6 Å². The molecule has 0 amide bonds. The molecule has 1 aliphatic carbocycles. The smallest absolute Gasteiger partial charge is 0.247 e. The minimum atomic E-state index is -0.283. The summed E-state index contributed by atoms with van der Waals surface area (Å²) in [6.45, 7) is 2.94. The molecule has 3 aromatic rings. The van der Waals surface area contributed by atoms with E-state index in [0.717, 1.165) is 18.4 Å². The van der Waals surface area contributed by atoms with Crippen LogP contribution < -0.4 is 0 Å². The number of benzene rings is 2. The molecule has 0 atom stereocenters. The molecule has 0 saturated heterocycles. The van der Waals surface area contributed by atoms with Crippen molar-refractivity contribution in [1.82, 2.24) is 15.1 Å². The van der Waals surface area contributed by atoms with Gasteiger partial charge in [0.25, 0.3) is 0 Å². The lowest BCUT2D eigenvalue weighted by atomic mass is 10.1. The van der Waals surface area contributed by atoms with Crippen molar-refractivity contribution in [1.29, 1.82) is 0 Å². The lowest BCUT2D eigenvalue weighted by Crippen LogP contribution is -2.26. The lowest BCUT2D eigenvalue weighted by molar-refractivity contribution is 0.218. The van der Waals surface area contributed by atoms with Gasteiger partial charge in [0.1, 0.15) is 5.82 Å². The third kappa shape index (κ3) is 3.79. The van der Waals surface area contributed by atoms with E-state index < -0.39 is 0 Å². The molecule has 1 heterocycles. The van der Waals surface area contributed by atoms with E-state index in [1.807, 2.05) is 31.2 Å². The fraction of sp³-hybridized carbons (Fsp3) is 0.300. The minimum absolute atomic E-state index is 0.283. The molecule has 0 spiro atoms. The van der Waals surface area contributed by atoms with Crippen molar-refractivity contribution in [3.63, 3.8) is 0 Å². The Bertz CT molecular complexity index is 885. The fourth-order valence-electron chi connectivity index (χ4n) is 2.94. The molecule has 2 aromatic carbocycles. The Hall–Kier alpha value is -2.24. The predicted octanol–water partition coefficient (Wildman–Crippen LogP) is 5.00. The molecule has 1 fully saturated rings. The molecule has 1 aromatic heterocycles. The van der Waals surface area contributed by atoms with E-state index >= 15 is 0 Å². The SMILES string of the molecule is Cc1ccc(-c2nnc(CN(Cc3c(F)cccc3Cl)C3CC3)o2)cc1. The second kappa shape index (κ2) is 7.17. The molecule has 0 N–H and O–H groups in total. The molecule has 1 aliphatic rings. The molecular weight excluding hydrogens is 353 g/mol. The molecule has 134 valence electrons. The maximum absolute atomic E-state index is 14.1. The van der Waals surface area contributed by atoms with E-state index in [-0.39, 0.29) is 5.82 Å². The van der Waals surface area contributed by atoms with Gasteiger partial charge in [0, 0.05) is 28.7 Å². The molecular formula is C20H19ClFN3O.